The van der Waals surface area contributed by atoms with Crippen molar-refractivity contribution < 1.29 is 9.90 Å². The molecule has 1 aromatic rings. The predicted octanol–water partition coefficient (Wildman–Crippen LogP) is 1.55. The lowest BCUT2D eigenvalue weighted by atomic mass is 10.1. The Labute approximate surface area is 89.6 Å². The van der Waals surface area contributed by atoms with Crippen molar-refractivity contribution in [2.75, 3.05) is 7.05 Å². The monoisotopic (exact) mass is 208 g/mol. The molecular formula is C11H16N2O2. The summed E-state index contributed by atoms with van der Waals surface area (Å²) >= 11 is 0. The third-order valence-corrected chi connectivity index (χ3v) is 2.75. The van der Waals surface area contributed by atoms with E-state index in [4.69, 9.17) is 5.11 Å². The molecular weight excluding hydrogens is 192 g/mol. The summed E-state index contributed by atoms with van der Waals surface area (Å²) in [7, 11) is 1.80. The van der Waals surface area contributed by atoms with Gasteiger partial charge in [0.15, 0.2) is 0 Å². The van der Waals surface area contributed by atoms with Crippen LogP contribution in [0.5, 0.6) is 0 Å². The van der Waals surface area contributed by atoms with Gasteiger partial charge >= 0.3 is 5.97 Å². The number of likely N-dealkylation sites (N-methyl/N-ethyl adjacent to an activating group) is 1. The van der Waals surface area contributed by atoms with E-state index in [1.165, 1.54) is 0 Å². The van der Waals surface area contributed by atoms with Crippen molar-refractivity contribution in [1.82, 2.24) is 9.88 Å². The fraction of sp³-hybridized carbons (Fsp3) is 0.455. The summed E-state index contributed by atoms with van der Waals surface area (Å²) in [5, 5.41) is 8.89. The third-order valence-electron chi connectivity index (χ3n) is 2.75. The smallest absolute Gasteiger partial charge is 0.320 e. The van der Waals surface area contributed by atoms with Crippen LogP contribution in [0.3, 0.4) is 0 Å². The molecule has 2 atom stereocenters. The number of nitrogens with zero attached hydrogens (tertiary/aromatic N) is 2. The topological polar surface area (TPSA) is 53.4 Å². The highest BCUT2D eigenvalue weighted by Crippen LogP contribution is 2.19. The van der Waals surface area contributed by atoms with E-state index in [-0.39, 0.29) is 6.04 Å². The number of aliphatic carboxylic acids is 1. The van der Waals surface area contributed by atoms with Crippen LogP contribution in [0.2, 0.25) is 0 Å². The van der Waals surface area contributed by atoms with Crippen molar-refractivity contribution in [3.8, 4) is 0 Å². The van der Waals surface area contributed by atoms with E-state index < -0.39 is 12.0 Å². The molecule has 0 bridgehead atoms. The minimum atomic E-state index is -0.812. The summed E-state index contributed by atoms with van der Waals surface area (Å²) < 4.78 is 0. The van der Waals surface area contributed by atoms with E-state index in [2.05, 4.69) is 4.98 Å². The molecule has 0 aliphatic carbocycles. The van der Waals surface area contributed by atoms with Crippen molar-refractivity contribution in [1.29, 1.82) is 0 Å². The normalized spacial score (nSPS) is 14.9. The van der Waals surface area contributed by atoms with Crippen LogP contribution >= 0.6 is 0 Å². The van der Waals surface area contributed by atoms with Crippen LogP contribution < -0.4 is 0 Å². The van der Waals surface area contributed by atoms with Crippen molar-refractivity contribution in [2.24, 2.45) is 0 Å². The van der Waals surface area contributed by atoms with E-state index in [0.717, 1.165) is 5.56 Å². The maximum absolute atomic E-state index is 10.8. The summed E-state index contributed by atoms with van der Waals surface area (Å²) in [5.41, 5.74) is 1.02. The lowest BCUT2D eigenvalue weighted by Gasteiger charge is -2.28. The van der Waals surface area contributed by atoms with Crippen molar-refractivity contribution >= 4 is 5.97 Å². The molecule has 0 aromatic carbocycles. The van der Waals surface area contributed by atoms with Crippen molar-refractivity contribution in [3.05, 3.63) is 30.1 Å². The molecule has 0 amide bonds. The van der Waals surface area contributed by atoms with Crippen molar-refractivity contribution in [2.45, 2.75) is 25.9 Å². The van der Waals surface area contributed by atoms with E-state index in [0.29, 0.717) is 0 Å². The SMILES string of the molecule is CC(C(=O)O)N(C)C(C)c1cccnc1. The number of carboxylic acids is 1. The van der Waals surface area contributed by atoms with Gasteiger partial charge in [0.25, 0.3) is 0 Å². The van der Waals surface area contributed by atoms with Gasteiger partial charge in [0.1, 0.15) is 6.04 Å². The second-order valence-electron chi connectivity index (χ2n) is 3.64. The van der Waals surface area contributed by atoms with Crippen LogP contribution in [0.25, 0.3) is 0 Å². The number of aromatic nitrogens is 1. The number of rotatable bonds is 4. The highest BCUT2D eigenvalue weighted by molar-refractivity contribution is 5.72. The molecule has 0 spiro atoms. The molecule has 82 valence electrons. The molecule has 0 aliphatic heterocycles. The average molecular weight is 208 g/mol. The maximum atomic E-state index is 10.8. The van der Waals surface area contributed by atoms with Gasteiger partial charge in [-0.3, -0.25) is 14.7 Å². The molecule has 1 heterocycles. The van der Waals surface area contributed by atoms with Gasteiger partial charge in [0.2, 0.25) is 0 Å². The maximum Gasteiger partial charge on any atom is 0.320 e. The first kappa shape index (κ1) is 11.7. The Bertz CT molecular complexity index is 327. The zero-order valence-corrected chi connectivity index (χ0v) is 9.21. The molecule has 0 saturated heterocycles. The molecule has 4 heteroatoms. The predicted molar refractivity (Wildman–Crippen MR) is 57.5 cm³/mol. The summed E-state index contributed by atoms with van der Waals surface area (Å²) in [4.78, 5) is 16.6. The number of pyridine rings is 1. The van der Waals surface area contributed by atoms with Gasteiger partial charge in [-0.25, -0.2) is 0 Å². The molecule has 4 nitrogen and oxygen atoms in total. The molecule has 1 N–H and O–H groups in total. The standard InChI is InChI=1S/C11H16N2O2/c1-8(10-5-4-6-12-7-10)13(3)9(2)11(14)15/h4-9H,1-3H3,(H,14,15). The summed E-state index contributed by atoms with van der Waals surface area (Å²) in [6.07, 6.45) is 3.46. The second-order valence-corrected chi connectivity index (χ2v) is 3.64. The highest BCUT2D eigenvalue weighted by Gasteiger charge is 2.22. The minimum absolute atomic E-state index is 0.0461. The van der Waals surface area contributed by atoms with Gasteiger partial charge in [-0.15, -0.1) is 0 Å². The molecule has 15 heavy (non-hydrogen) atoms. The second kappa shape index (κ2) is 4.89. The molecule has 0 radical (unpaired) electrons. The summed E-state index contributed by atoms with van der Waals surface area (Å²) in [5.74, 6) is -0.812. The zero-order chi connectivity index (χ0) is 11.4. The van der Waals surface area contributed by atoms with Gasteiger partial charge < -0.3 is 5.11 Å². The first-order valence-electron chi connectivity index (χ1n) is 4.88. The number of hydrogen-bond acceptors (Lipinski definition) is 3. The Kier molecular flexibility index (Phi) is 3.80. The zero-order valence-electron chi connectivity index (χ0n) is 9.21. The Morgan fingerprint density at radius 3 is 2.67 bits per heavy atom. The Hall–Kier alpha value is -1.42. The van der Waals surface area contributed by atoms with Gasteiger partial charge in [-0.2, -0.15) is 0 Å². The van der Waals surface area contributed by atoms with E-state index in [1.54, 1.807) is 31.3 Å². The fourth-order valence-corrected chi connectivity index (χ4v) is 1.37. The first-order valence-corrected chi connectivity index (χ1v) is 4.88. The number of carbonyl (C=O) groups is 1. The minimum Gasteiger partial charge on any atom is -0.480 e. The molecule has 1 rings (SSSR count). The van der Waals surface area contributed by atoms with Crippen molar-refractivity contribution in [3.63, 3.8) is 0 Å². The summed E-state index contributed by atoms with van der Waals surface area (Å²) in [6, 6.07) is 3.35. The van der Waals surface area contributed by atoms with Crippen LogP contribution in [0.1, 0.15) is 25.5 Å². The number of hydrogen-bond donors (Lipinski definition) is 1. The van der Waals surface area contributed by atoms with Gasteiger partial charge in [-0.05, 0) is 32.5 Å². The highest BCUT2D eigenvalue weighted by atomic mass is 16.4. The van der Waals surface area contributed by atoms with Crippen LogP contribution in [0, 0.1) is 0 Å². The van der Waals surface area contributed by atoms with E-state index in [1.807, 2.05) is 19.1 Å². The van der Waals surface area contributed by atoms with Crippen LogP contribution in [-0.4, -0.2) is 34.0 Å². The van der Waals surface area contributed by atoms with E-state index in [9.17, 15) is 4.79 Å². The first-order chi connectivity index (χ1) is 7.04. The molecule has 0 saturated carbocycles. The average Bonchev–Trinajstić information content (AvgIpc) is 2.27. The number of carboxylic acid groups (broad SMARTS) is 1. The molecule has 1 aromatic heterocycles. The van der Waals surface area contributed by atoms with Crippen LogP contribution in [0.4, 0.5) is 0 Å². The van der Waals surface area contributed by atoms with Crippen LogP contribution in [0.15, 0.2) is 24.5 Å². The van der Waals surface area contributed by atoms with Gasteiger partial charge in [-0.1, -0.05) is 6.07 Å². The third kappa shape index (κ3) is 2.76. The quantitative estimate of drug-likeness (QED) is 0.815. The Balaban J connectivity index is 2.77. The summed E-state index contributed by atoms with van der Waals surface area (Å²) in [6.45, 7) is 3.64. The van der Waals surface area contributed by atoms with Gasteiger partial charge in [0, 0.05) is 18.4 Å². The van der Waals surface area contributed by atoms with Crippen LogP contribution in [-0.2, 0) is 4.79 Å². The Morgan fingerprint density at radius 1 is 1.53 bits per heavy atom. The van der Waals surface area contributed by atoms with Gasteiger partial charge in [0.05, 0.1) is 0 Å². The Morgan fingerprint density at radius 2 is 2.20 bits per heavy atom. The molecule has 0 aliphatic rings. The molecule has 2 unspecified atom stereocenters. The lowest BCUT2D eigenvalue weighted by Crippen LogP contribution is -2.37. The largest absolute Gasteiger partial charge is 0.480 e. The lowest BCUT2D eigenvalue weighted by molar-refractivity contribution is -0.142. The fourth-order valence-electron chi connectivity index (χ4n) is 1.37. The van der Waals surface area contributed by atoms with E-state index >= 15 is 0 Å². The molecule has 0 fully saturated rings.